The van der Waals surface area contributed by atoms with Crippen molar-refractivity contribution in [1.82, 2.24) is 20.2 Å². The lowest BCUT2D eigenvalue weighted by Crippen LogP contribution is -2.61. The van der Waals surface area contributed by atoms with Crippen LogP contribution in [0.15, 0.2) is 24.3 Å². The van der Waals surface area contributed by atoms with Gasteiger partial charge in [0.1, 0.15) is 30.1 Å². The molecule has 224 valence electrons. The van der Waals surface area contributed by atoms with Gasteiger partial charge < -0.3 is 25.0 Å². The molecule has 2 N–H and O–H groups in total. The quantitative estimate of drug-likeness (QED) is 0.434. The Balaban J connectivity index is 1.17. The molecule has 6 aliphatic rings. The maximum Gasteiger partial charge on any atom is 0.318 e. The number of hydrogen-bond acceptors (Lipinski definition) is 8. The molecule has 3 aromatic rings. The van der Waals surface area contributed by atoms with Crippen LogP contribution in [0.25, 0.3) is 10.8 Å². The average Bonchev–Trinajstić information content (AvgIpc) is 3.46. The van der Waals surface area contributed by atoms with Crippen molar-refractivity contribution < 1.29 is 22.7 Å². The van der Waals surface area contributed by atoms with Gasteiger partial charge in [-0.05, 0) is 56.1 Å². The number of aromatic nitrogens is 2. The number of nitrogens with one attached hydrogen (secondary N) is 1. The van der Waals surface area contributed by atoms with E-state index in [1.165, 1.54) is 11.0 Å². The molecule has 1 aromatic heterocycles. The topological polar surface area (TPSA) is 77.0 Å². The van der Waals surface area contributed by atoms with Crippen LogP contribution in [-0.4, -0.2) is 83.0 Å². The third kappa shape index (κ3) is 4.47. The lowest BCUT2D eigenvalue weighted by molar-refractivity contribution is 0.107. The first-order valence-electron chi connectivity index (χ1n) is 16.6. The zero-order valence-electron chi connectivity index (χ0n) is 26.9. The molecule has 10 heteroatoms. The van der Waals surface area contributed by atoms with Crippen LogP contribution in [0, 0.1) is 18.2 Å². The second kappa shape index (κ2) is 10.2. The van der Waals surface area contributed by atoms with Crippen molar-refractivity contribution >= 4 is 22.3 Å². The summed E-state index contributed by atoms with van der Waals surface area (Å²) in [4.78, 5) is 15.7. The van der Waals surface area contributed by atoms with E-state index in [0.717, 1.165) is 43.0 Å². The predicted octanol–water partition coefficient (Wildman–Crippen LogP) is 3.91. The van der Waals surface area contributed by atoms with E-state index in [4.69, 9.17) is 25.2 Å². The Kier molecular flexibility index (Phi) is 5.63. The zero-order valence-corrected chi connectivity index (χ0v) is 23.9. The molecule has 5 saturated heterocycles. The largest absolute Gasteiger partial charge is 0.508 e. The Morgan fingerprint density at radius 3 is 2.98 bits per heavy atom. The molecule has 0 saturated carbocycles. The van der Waals surface area contributed by atoms with Crippen molar-refractivity contribution in [2.24, 2.45) is 0 Å². The minimum Gasteiger partial charge on any atom is -0.508 e. The Labute approximate surface area is 254 Å². The highest BCUT2D eigenvalue weighted by atomic mass is 19.1. The summed E-state index contributed by atoms with van der Waals surface area (Å²) < 4.78 is 61.1. The summed E-state index contributed by atoms with van der Waals surface area (Å²) in [5.41, 5.74) is 1.53. The van der Waals surface area contributed by atoms with E-state index >= 15 is 0 Å². The van der Waals surface area contributed by atoms with E-state index in [2.05, 4.69) is 16.1 Å². The highest BCUT2D eigenvalue weighted by molar-refractivity contribution is 6.00. The first-order chi connectivity index (χ1) is 22.0. The predicted molar refractivity (Wildman–Crippen MR) is 161 cm³/mol. The molecule has 2 unspecified atom stereocenters. The molecule has 0 aliphatic carbocycles. The molecule has 0 spiro atoms. The van der Waals surface area contributed by atoms with Crippen molar-refractivity contribution in [1.29, 1.82) is 0 Å². The van der Waals surface area contributed by atoms with Gasteiger partial charge in [0.25, 0.3) is 0 Å². The van der Waals surface area contributed by atoms with Crippen LogP contribution in [0.1, 0.15) is 53.0 Å². The number of terminal acetylenes is 1. The van der Waals surface area contributed by atoms with Crippen molar-refractivity contribution in [2.45, 2.75) is 68.8 Å². The molecule has 4 atom stereocenters. The number of aromatic hydroxyl groups is 1. The number of rotatable bonds is 5. The first kappa shape index (κ1) is 23.7. The average molecular weight is 590 g/mol. The van der Waals surface area contributed by atoms with Crippen molar-refractivity contribution in [3.63, 3.8) is 0 Å². The van der Waals surface area contributed by atoms with Gasteiger partial charge in [-0.3, -0.25) is 4.90 Å². The highest BCUT2D eigenvalue weighted by Gasteiger charge is 2.49. The summed E-state index contributed by atoms with van der Waals surface area (Å²) in [6, 6.07) is 6.86. The second-order valence-electron chi connectivity index (χ2n) is 12.5. The molecule has 2 bridgehead atoms. The van der Waals surface area contributed by atoms with Gasteiger partial charge in [0.05, 0.1) is 24.7 Å². The van der Waals surface area contributed by atoms with E-state index in [1.54, 1.807) is 18.2 Å². The number of halogens is 2. The summed E-state index contributed by atoms with van der Waals surface area (Å²) in [5.74, 6) is 2.85. The third-order valence-corrected chi connectivity index (χ3v) is 9.95. The van der Waals surface area contributed by atoms with E-state index in [1.807, 2.05) is 4.90 Å². The van der Waals surface area contributed by atoms with Crippen LogP contribution in [0.2, 0.25) is 0 Å². The van der Waals surface area contributed by atoms with Crippen molar-refractivity contribution in [3.05, 3.63) is 46.9 Å². The van der Waals surface area contributed by atoms with Gasteiger partial charge in [0.15, 0.2) is 0 Å². The lowest BCUT2D eigenvalue weighted by Gasteiger charge is -2.47. The Morgan fingerprint density at radius 2 is 2.19 bits per heavy atom. The molecule has 9 rings (SSSR count). The number of anilines is 2. The van der Waals surface area contributed by atoms with Gasteiger partial charge >= 0.3 is 6.01 Å². The molecule has 0 radical (unpaired) electrons. The minimum atomic E-state index is -2.26. The molecule has 43 heavy (non-hydrogen) atoms. The highest BCUT2D eigenvalue weighted by Crippen LogP contribution is 2.42. The van der Waals surface area contributed by atoms with Crippen LogP contribution in [-0.2, 0) is 13.0 Å². The number of phenols is 1. The van der Waals surface area contributed by atoms with Gasteiger partial charge in [-0.2, -0.15) is 9.97 Å². The fourth-order valence-corrected chi connectivity index (χ4v) is 7.78. The third-order valence-electron chi connectivity index (χ3n) is 9.95. The van der Waals surface area contributed by atoms with E-state index < -0.39 is 24.0 Å². The number of nitrogens with zero attached hydrogens (tertiary/aromatic N) is 5. The van der Waals surface area contributed by atoms with Gasteiger partial charge in [-0.15, -0.1) is 6.42 Å². The SMILES string of the molecule is [2H]C1([2H])CC[C@@]2(COc3nc4c(c(N5CC6CCC5CN6)n3)CCN(c3cc(O)cc5ccc(F)c(C#C)c35)C4)C[C@@]([2H])(F)CN12. The summed E-state index contributed by atoms with van der Waals surface area (Å²) in [6.45, 7) is 0.502. The molecule has 2 aromatic carbocycles. The van der Waals surface area contributed by atoms with Crippen LogP contribution >= 0.6 is 0 Å². The van der Waals surface area contributed by atoms with E-state index in [9.17, 15) is 13.9 Å². The molecule has 5 fully saturated rings. The Bertz CT molecular complexity index is 1780. The summed E-state index contributed by atoms with van der Waals surface area (Å²) in [7, 11) is 0. The number of ether oxygens (including phenoxy) is 1. The monoisotopic (exact) mass is 589 g/mol. The maximum atomic E-state index is 15.0. The van der Waals surface area contributed by atoms with Crippen LogP contribution in [0.3, 0.4) is 0 Å². The van der Waals surface area contributed by atoms with Gasteiger partial charge in [0.2, 0.25) is 0 Å². The lowest BCUT2D eigenvalue weighted by atomic mass is 9.92. The number of hydrogen-bond donors (Lipinski definition) is 2. The first-order valence-corrected chi connectivity index (χ1v) is 15.1. The van der Waals surface area contributed by atoms with Gasteiger partial charge in [0, 0.05) is 70.1 Å². The number of fused-ring (bicyclic) bond motifs is 6. The van der Waals surface area contributed by atoms with Crippen molar-refractivity contribution in [3.8, 4) is 24.1 Å². The zero-order chi connectivity index (χ0) is 32.0. The minimum absolute atomic E-state index is 0.0331. The number of phenolic OH excluding ortho intramolecular Hbond substituents is 1. The smallest absolute Gasteiger partial charge is 0.318 e. The number of benzene rings is 2. The number of piperidine rings is 2. The molecule has 6 aliphatic heterocycles. The number of piperazine rings is 1. The summed E-state index contributed by atoms with van der Waals surface area (Å²) >= 11 is 0. The van der Waals surface area contributed by atoms with E-state index in [0.29, 0.717) is 48.4 Å². The van der Waals surface area contributed by atoms with Crippen LogP contribution < -0.4 is 19.9 Å². The molecule has 7 heterocycles. The molecule has 8 nitrogen and oxygen atoms in total. The normalized spacial score (nSPS) is 32.2. The van der Waals surface area contributed by atoms with Crippen molar-refractivity contribution in [2.75, 3.05) is 49.1 Å². The van der Waals surface area contributed by atoms with Crippen LogP contribution in [0.4, 0.5) is 20.3 Å². The fraction of sp³-hybridized carbons (Fsp3) is 0.515. The summed E-state index contributed by atoms with van der Waals surface area (Å²) in [5, 5.41) is 15.4. The number of alkyl halides is 1. The summed E-state index contributed by atoms with van der Waals surface area (Å²) in [6.07, 6.45) is 6.70. The Hall–Kier alpha value is -3.68. The second-order valence-corrected chi connectivity index (χ2v) is 12.5. The Morgan fingerprint density at radius 1 is 1.28 bits per heavy atom. The van der Waals surface area contributed by atoms with Gasteiger partial charge in [-0.25, -0.2) is 8.78 Å². The van der Waals surface area contributed by atoms with E-state index in [-0.39, 0.29) is 49.4 Å². The molecule has 0 amide bonds. The maximum absolute atomic E-state index is 15.0. The standard InChI is InChI=1S/C33H36F2N6O2/c1-2-25-27(35)7-4-20-12-24(42)13-29(30(20)25)39-11-8-26-28(18-39)37-32(38-31(26)41-17-22-5-6-23(41)15-36-22)43-19-33-9-3-10-40(33)16-21(34)14-33/h1,4,7,12-13,21-23,36,42H,3,5-6,8-11,14-19H2/t21-,22?,23?,33+/m1/s1/i10D2,21D. The molecular weight excluding hydrogens is 550 g/mol. The molecular formula is C33H36F2N6O2. The van der Waals surface area contributed by atoms with Crippen LogP contribution in [0.5, 0.6) is 11.8 Å². The fourth-order valence-electron chi connectivity index (χ4n) is 7.78. The van der Waals surface area contributed by atoms with Gasteiger partial charge in [-0.1, -0.05) is 12.0 Å².